The van der Waals surface area contributed by atoms with Crippen molar-refractivity contribution >= 4 is 27.3 Å². The fraction of sp³-hybridized carbons (Fsp3) is 0.692. The summed E-state index contributed by atoms with van der Waals surface area (Å²) in [6.45, 7) is 7.94. The highest BCUT2D eigenvalue weighted by molar-refractivity contribution is 9.10. The lowest BCUT2D eigenvalue weighted by Crippen LogP contribution is -2.26. The molecule has 0 aromatic carbocycles. The first-order chi connectivity index (χ1) is 7.46. The van der Waals surface area contributed by atoms with Crippen LogP contribution in [0.4, 0.5) is 0 Å². The summed E-state index contributed by atoms with van der Waals surface area (Å²) in [4.78, 5) is 2.82. The van der Waals surface area contributed by atoms with Crippen molar-refractivity contribution in [3.63, 3.8) is 0 Å². The molecular weight excluding hydrogens is 282 g/mol. The molecule has 0 spiro atoms. The molecule has 1 heterocycles. The molecule has 0 amide bonds. The van der Waals surface area contributed by atoms with Gasteiger partial charge in [0.25, 0.3) is 0 Å². The third kappa shape index (κ3) is 3.08. The summed E-state index contributed by atoms with van der Waals surface area (Å²) in [5.74, 6) is 0. The Morgan fingerprint density at radius 2 is 2.31 bits per heavy atom. The summed E-state index contributed by atoms with van der Waals surface area (Å²) in [5.41, 5.74) is 0.545. The number of rotatable bonds is 3. The Hall–Kier alpha value is 0.140. The van der Waals surface area contributed by atoms with E-state index < -0.39 is 0 Å². The highest BCUT2D eigenvalue weighted by Gasteiger charge is 2.30. The van der Waals surface area contributed by atoms with Crippen molar-refractivity contribution in [1.82, 2.24) is 5.32 Å². The fourth-order valence-corrected chi connectivity index (χ4v) is 4.01. The van der Waals surface area contributed by atoms with E-state index in [4.69, 9.17) is 0 Å². The summed E-state index contributed by atoms with van der Waals surface area (Å²) >= 11 is 5.46. The average molecular weight is 302 g/mol. The Morgan fingerprint density at radius 3 is 2.81 bits per heavy atom. The van der Waals surface area contributed by atoms with Gasteiger partial charge in [-0.3, -0.25) is 0 Å². The molecule has 1 aromatic heterocycles. The fourth-order valence-electron chi connectivity index (χ4n) is 2.46. The van der Waals surface area contributed by atoms with Crippen LogP contribution in [0.1, 0.15) is 42.9 Å². The lowest BCUT2D eigenvalue weighted by Gasteiger charge is -2.17. The highest BCUT2D eigenvalue weighted by atomic mass is 79.9. The zero-order valence-corrected chi connectivity index (χ0v) is 12.7. The predicted molar refractivity (Wildman–Crippen MR) is 75.0 cm³/mol. The Bertz CT molecular complexity index is 351. The summed E-state index contributed by atoms with van der Waals surface area (Å²) in [5, 5.41) is 3.68. The Labute approximate surface area is 111 Å². The first kappa shape index (κ1) is 12.6. The van der Waals surface area contributed by atoms with Crippen molar-refractivity contribution in [3.8, 4) is 0 Å². The molecule has 1 saturated carbocycles. The molecule has 2 rings (SSSR count). The molecule has 16 heavy (non-hydrogen) atoms. The van der Waals surface area contributed by atoms with E-state index in [1.807, 2.05) is 11.3 Å². The van der Waals surface area contributed by atoms with Crippen LogP contribution < -0.4 is 5.32 Å². The van der Waals surface area contributed by atoms with Crippen LogP contribution in [0.2, 0.25) is 0 Å². The van der Waals surface area contributed by atoms with Crippen LogP contribution in [0.5, 0.6) is 0 Å². The van der Waals surface area contributed by atoms with Gasteiger partial charge < -0.3 is 5.32 Å². The van der Waals surface area contributed by atoms with Crippen molar-refractivity contribution in [2.45, 2.75) is 52.6 Å². The molecular formula is C13H20BrNS. The topological polar surface area (TPSA) is 12.0 Å². The van der Waals surface area contributed by atoms with E-state index >= 15 is 0 Å². The van der Waals surface area contributed by atoms with Gasteiger partial charge in [0.05, 0.1) is 0 Å². The van der Waals surface area contributed by atoms with Crippen molar-refractivity contribution < 1.29 is 0 Å². The first-order valence-corrected chi connectivity index (χ1v) is 7.55. The quantitative estimate of drug-likeness (QED) is 0.867. The van der Waals surface area contributed by atoms with Crippen molar-refractivity contribution in [3.05, 3.63) is 20.3 Å². The van der Waals surface area contributed by atoms with Gasteiger partial charge >= 0.3 is 0 Å². The number of halogens is 1. The SMILES string of the molecule is Cc1sc(CNC2CCC(C)(C)C2)cc1Br. The van der Waals surface area contributed by atoms with Gasteiger partial charge in [-0.2, -0.15) is 0 Å². The maximum Gasteiger partial charge on any atom is 0.0314 e. The predicted octanol–water partition coefficient (Wildman–Crippen LogP) is 4.49. The number of aryl methyl sites for hydroxylation is 1. The third-order valence-corrected chi connectivity index (χ3v) is 5.58. The zero-order chi connectivity index (χ0) is 11.8. The molecule has 1 atom stereocenters. The summed E-state index contributed by atoms with van der Waals surface area (Å²) in [6.07, 6.45) is 4.01. The number of nitrogens with one attached hydrogen (secondary N) is 1. The van der Waals surface area contributed by atoms with E-state index in [2.05, 4.69) is 48.1 Å². The largest absolute Gasteiger partial charge is 0.309 e. The van der Waals surface area contributed by atoms with Gasteiger partial charge in [0, 0.05) is 26.8 Å². The maximum absolute atomic E-state index is 3.68. The average Bonchev–Trinajstić information content (AvgIpc) is 2.68. The van der Waals surface area contributed by atoms with Crippen molar-refractivity contribution in [2.75, 3.05) is 0 Å². The van der Waals surface area contributed by atoms with E-state index in [1.165, 1.54) is 33.5 Å². The number of hydrogen-bond acceptors (Lipinski definition) is 2. The summed E-state index contributed by atoms with van der Waals surface area (Å²) in [7, 11) is 0. The molecule has 1 nitrogen and oxygen atoms in total. The zero-order valence-electron chi connectivity index (χ0n) is 10.3. The molecule has 1 aliphatic carbocycles. The van der Waals surface area contributed by atoms with Gasteiger partial charge in [0.15, 0.2) is 0 Å². The molecule has 0 radical (unpaired) electrons. The second kappa shape index (κ2) is 4.79. The summed E-state index contributed by atoms with van der Waals surface area (Å²) < 4.78 is 1.25. The second-order valence-corrected chi connectivity index (χ2v) is 7.80. The minimum atomic E-state index is 0.545. The van der Waals surface area contributed by atoms with Gasteiger partial charge in [-0.05, 0) is 53.6 Å². The molecule has 1 unspecified atom stereocenters. The maximum atomic E-state index is 3.68. The van der Waals surface area contributed by atoms with Crippen LogP contribution in [-0.2, 0) is 6.54 Å². The van der Waals surface area contributed by atoms with Crippen LogP contribution in [-0.4, -0.2) is 6.04 Å². The highest BCUT2D eigenvalue weighted by Crippen LogP contribution is 2.37. The van der Waals surface area contributed by atoms with Crippen LogP contribution in [0, 0.1) is 12.3 Å². The van der Waals surface area contributed by atoms with Crippen LogP contribution in [0.25, 0.3) is 0 Å². The molecule has 90 valence electrons. The van der Waals surface area contributed by atoms with Gasteiger partial charge in [-0.1, -0.05) is 13.8 Å². The molecule has 0 aliphatic heterocycles. The van der Waals surface area contributed by atoms with Crippen molar-refractivity contribution in [2.24, 2.45) is 5.41 Å². The molecule has 3 heteroatoms. The normalized spacial score (nSPS) is 23.9. The van der Waals surface area contributed by atoms with Crippen LogP contribution in [0.3, 0.4) is 0 Å². The number of thiophene rings is 1. The van der Waals surface area contributed by atoms with E-state index in [9.17, 15) is 0 Å². The molecule has 0 bridgehead atoms. The van der Waals surface area contributed by atoms with E-state index in [-0.39, 0.29) is 0 Å². The monoisotopic (exact) mass is 301 g/mol. The lowest BCUT2D eigenvalue weighted by atomic mass is 9.92. The molecule has 1 aliphatic rings. The third-order valence-electron chi connectivity index (χ3n) is 3.44. The first-order valence-electron chi connectivity index (χ1n) is 5.94. The molecule has 1 aromatic rings. The van der Waals surface area contributed by atoms with Crippen LogP contribution in [0.15, 0.2) is 10.5 Å². The van der Waals surface area contributed by atoms with Crippen LogP contribution >= 0.6 is 27.3 Å². The van der Waals surface area contributed by atoms with Gasteiger partial charge in [0.1, 0.15) is 0 Å². The van der Waals surface area contributed by atoms with E-state index in [0.717, 1.165) is 12.6 Å². The van der Waals surface area contributed by atoms with E-state index in [0.29, 0.717) is 5.41 Å². The van der Waals surface area contributed by atoms with E-state index in [1.54, 1.807) is 0 Å². The smallest absolute Gasteiger partial charge is 0.0314 e. The standard InChI is InChI=1S/C13H20BrNS/c1-9-12(14)6-11(16-9)8-15-10-4-5-13(2,3)7-10/h6,10,15H,4-5,7-8H2,1-3H3. The van der Waals surface area contributed by atoms with Crippen molar-refractivity contribution in [1.29, 1.82) is 0 Å². The Balaban J connectivity index is 1.84. The Kier molecular flexibility index (Phi) is 3.77. The van der Waals surface area contributed by atoms with Gasteiger partial charge in [-0.25, -0.2) is 0 Å². The molecule has 1 fully saturated rings. The second-order valence-electron chi connectivity index (χ2n) is 5.60. The Morgan fingerprint density at radius 1 is 1.56 bits per heavy atom. The lowest BCUT2D eigenvalue weighted by molar-refractivity contribution is 0.364. The minimum absolute atomic E-state index is 0.545. The van der Waals surface area contributed by atoms with Gasteiger partial charge in [-0.15, -0.1) is 11.3 Å². The minimum Gasteiger partial charge on any atom is -0.309 e. The summed E-state index contributed by atoms with van der Waals surface area (Å²) in [6, 6.07) is 2.96. The molecule has 0 saturated heterocycles. The molecule has 1 N–H and O–H groups in total. The number of hydrogen-bond donors (Lipinski definition) is 1. The van der Waals surface area contributed by atoms with Gasteiger partial charge in [0.2, 0.25) is 0 Å².